The van der Waals surface area contributed by atoms with Crippen LogP contribution in [0.4, 0.5) is 0 Å². The predicted octanol–water partition coefficient (Wildman–Crippen LogP) is 1.51. The Balaban J connectivity index is 2.29. The van der Waals surface area contributed by atoms with E-state index in [1.165, 1.54) is 11.0 Å². The summed E-state index contributed by atoms with van der Waals surface area (Å²) >= 11 is 3.23. The lowest BCUT2D eigenvalue weighted by atomic mass is 10.1. The molecule has 1 saturated heterocycles. The SMILES string of the molecule is CCC1C(=O)NCCN1C(=O)c1ccc(Br)cc1O. The van der Waals surface area contributed by atoms with Crippen molar-refractivity contribution in [1.29, 1.82) is 0 Å². The molecule has 1 fully saturated rings. The molecule has 1 atom stereocenters. The van der Waals surface area contributed by atoms with Gasteiger partial charge in [-0.3, -0.25) is 9.59 Å². The largest absolute Gasteiger partial charge is 0.507 e. The molecule has 1 aromatic carbocycles. The zero-order valence-corrected chi connectivity index (χ0v) is 12.1. The Morgan fingerprint density at radius 2 is 2.32 bits per heavy atom. The van der Waals surface area contributed by atoms with Crippen molar-refractivity contribution in [3.05, 3.63) is 28.2 Å². The van der Waals surface area contributed by atoms with Gasteiger partial charge in [0.1, 0.15) is 11.8 Å². The summed E-state index contributed by atoms with van der Waals surface area (Å²) in [6, 6.07) is 4.25. The van der Waals surface area contributed by atoms with E-state index in [9.17, 15) is 14.7 Å². The molecule has 6 heteroatoms. The van der Waals surface area contributed by atoms with Gasteiger partial charge in [-0.1, -0.05) is 22.9 Å². The number of halogens is 1. The van der Waals surface area contributed by atoms with Gasteiger partial charge in [0.05, 0.1) is 5.56 Å². The molecule has 102 valence electrons. The molecule has 0 aliphatic carbocycles. The number of carbonyl (C=O) groups is 2. The Hall–Kier alpha value is -1.56. The van der Waals surface area contributed by atoms with E-state index < -0.39 is 6.04 Å². The minimum atomic E-state index is -0.468. The Morgan fingerprint density at radius 3 is 2.95 bits per heavy atom. The molecule has 0 saturated carbocycles. The first-order valence-electron chi connectivity index (χ1n) is 6.11. The molecule has 1 unspecified atom stereocenters. The molecular weight excluding hydrogens is 312 g/mol. The van der Waals surface area contributed by atoms with Gasteiger partial charge in [-0.05, 0) is 24.6 Å². The monoisotopic (exact) mass is 326 g/mol. The van der Waals surface area contributed by atoms with Gasteiger partial charge in [0.15, 0.2) is 0 Å². The predicted molar refractivity (Wildman–Crippen MR) is 73.9 cm³/mol. The molecule has 1 heterocycles. The third kappa shape index (κ3) is 2.73. The van der Waals surface area contributed by atoms with Gasteiger partial charge >= 0.3 is 0 Å². The van der Waals surface area contributed by atoms with Gasteiger partial charge in [-0.25, -0.2) is 0 Å². The standard InChI is InChI=1S/C13H15BrN2O3/c1-2-10-12(18)15-5-6-16(10)13(19)9-4-3-8(14)7-11(9)17/h3-4,7,10,17H,2,5-6H2,1H3,(H,15,18). The minimum absolute atomic E-state index is 0.0831. The average Bonchev–Trinajstić information content (AvgIpc) is 2.37. The van der Waals surface area contributed by atoms with Crippen LogP contribution in [0.2, 0.25) is 0 Å². The van der Waals surface area contributed by atoms with Crippen LogP contribution < -0.4 is 5.32 Å². The number of phenolic OH excluding ortho intramolecular Hbond substituents is 1. The molecule has 2 amide bonds. The first-order valence-corrected chi connectivity index (χ1v) is 6.91. The van der Waals surface area contributed by atoms with Gasteiger partial charge in [-0.15, -0.1) is 0 Å². The number of piperazine rings is 1. The number of nitrogens with one attached hydrogen (secondary N) is 1. The first-order chi connectivity index (χ1) is 9.04. The summed E-state index contributed by atoms with van der Waals surface area (Å²) < 4.78 is 0.699. The third-order valence-corrected chi connectivity index (χ3v) is 3.66. The van der Waals surface area contributed by atoms with Crippen molar-refractivity contribution in [3.8, 4) is 5.75 Å². The van der Waals surface area contributed by atoms with Crippen LogP contribution in [-0.4, -0.2) is 41.0 Å². The minimum Gasteiger partial charge on any atom is -0.507 e. The van der Waals surface area contributed by atoms with Gasteiger partial charge in [0, 0.05) is 17.6 Å². The molecule has 2 N–H and O–H groups in total. The Morgan fingerprint density at radius 1 is 1.58 bits per heavy atom. The number of carbonyl (C=O) groups excluding carboxylic acids is 2. The summed E-state index contributed by atoms with van der Waals surface area (Å²) in [4.78, 5) is 25.7. The topological polar surface area (TPSA) is 69.6 Å². The summed E-state index contributed by atoms with van der Waals surface area (Å²) in [6.45, 7) is 2.76. The molecule has 0 radical (unpaired) electrons. The highest BCUT2D eigenvalue weighted by Crippen LogP contribution is 2.25. The van der Waals surface area contributed by atoms with Crippen LogP contribution in [0.5, 0.6) is 5.75 Å². The quantitative estimate of drug-likeness (QED) is 0.865. The van der Waals surface area contributed by atoms with Gasteiger partial charge in [-0.2, -0.15) is 0 Å². The van der Waals surface area contributed by atoms with E-state index in [2.05, 4.69) is 21.2 Å². The van der Waals surface area contributed by atoms with Crippen molar-refractivity contribution in [1.82, 2.24) is 10.2 Å². The molecule has 0 spiro atoms. The van der Waals surface area contributed by atoms with Crippen LogP contribution in [0.15, 0.2) is 22.7 Å². The summed E-state index contributed by atoms with van der Waals surface area (Å²) in [5.74, 6) is -0.536. The molecule has 2 rings (SSSR count). The normalized spacial score (nSPS) is 19.2. The number of hydrogen-bond acceptors (Lipinski definition) is 3. The van der Waals surface area contributed by atoms with E-state index in [0.717, 1.165) is 0 Å². The Kier molecular flexibility index (Phi) is 4.09. The highest BCUT2D eigenvalue weighted by Gasteiger charge is 2.32. The van der Waals surface area contributed by atoms with Crippen LogP contribution in [0.3, 0.4) is 0 Å². The molecule has 1 aliphatic heterocycles. The lowest BCUT2D eigenvalue weighted by Gasteiger charge is -2.34. The maximum absolute atomic E-state index is 12.4. The maximum atomic E-state index is 12.4. The van der Waals surface area contributed by atoms with Crippen LogP contribution in [0.1, 0.15) is 23.7 Å². The number of hydrogen-bond donors (Lipinski definition) is 2. The van der Waals surface area contributed by atoms with E-state index in [4.69, 9.17) is 0 Å². The maximum Gasteiger partial charge on any atom is 0.258 e. The summed E-state index contributed by atoms with van der Waals surface area (Å²) in [6.07, 6.45) is 0.550. The van der Waals surface area contributed by atoms with E-state index in [1.54, 1.807) is 12.1 Å². The van der Waals surface area contributed by atoms with Crippen molar-refractivity contribution in [2.45, 2.75) is 19.4 Å². The number of rotatable bonds is 2. The van der Waals surface area contributed by atoms with E-state index in [1.807, 2.05) is 6.92 Å². The molecule has 1 aromatic rings. The number of amides is 2. The van der Waals surface area contributed by atoms with E-state index >= 15 is 0 Å². The van der Waals surface area contributed by atoms with Crippen LogP contribution in [-0.2, 0) is 4.79 Å². The second-order valence-corrected chi connectivity index (χ2v) is 5.29. The van der Waals surface area contributed by atoms with Gasteiger partial charge < -0.3 is 15.3 Å². The van der Waals surface area contributed by atoms with E-state index in [-0.39, 0.29) is 23.1 Å². The van der Waals surface area contributed by atoms with Crippen molar-refractivity contribution < 1.29 is 14.7 Å². The third-order valence-electron chi connectivity index (χ3n) is 3.17. The summed E-state index contributed by atoms with van der Waals surface area (Å²) in [5, 5.41) is 12.6. The zero-order valence-electron chi connectivity index (χ0n) is 10.5. The highest BCUT2D eigenvalue weighted by molar-refractivity contribution is 9.10. The summed E-state index contributed by atoms with van der Waals surface area (Å²) in [7, 11) is 0. The van der Waals surface area contributed by atoms with Crippen LogP contribution >= 0.6 is 15.9 Å². The smallest absolute Gasteiger partial charge is 0.258 e. The fourth-order valence-corrected chi connectivity index (χ4v) is 2.55. The molecule has 0 bridgehead atoms. The summed E-state index contributed by atoms with van der Waals surface area (Å²) in [5.41, 5.74) is 0.219. The number of benzene rings is 1. The molecule has 5 nitrogen and oxygen atoms in total. The molecule has 0 aromatic heterocycles. The average molecular weight is 327 g/mol. The lowest BCUT2D eigenvalue weighted by Crippen LogP contribution is -2.56. The van der Waals surface area contributed by atoms with Crippen molar-refractivity contribution >= 4 is 27.7 Å². The fourth-order valence-electron chi connectivity index (χ4n) is 2.20. The molecule has 1 aliphatic rings. The van der Waals surface area contributed by atoms with Crippen LogP contribution in [0.25, 0.3) is 0 Å². The number of aromatic hydroxyl groups is 1. The van der Waals surface area contributed by atoms with Gasteiger partial charge in [0.25, 0.3) is 5.91 Å². The van der Waals surface area contributed by atoms with Gasteiger partial charge in [0.2, 0.25) is 5.91 Å². The zero-order chi connectivity index (χ0) is 14.0. The first kappa shape index (κ1) is 13.9. The second kappa shape index (κ2) is 5.61. The second-order valence-electron chi connectivity index (χ2n) is 4.38. The molecule has 19 heavy (non-hydrogen) atoms. The number of phenols is 1. The lowest BCUT2D eigenvalue weighted by molar-refractivity contribution is -0.127. The number of nitrogens with zero attached hydrogens (tertiary/aromatic N) is 1. The van der Waals surface area contributed by atoms with Crippen LogP contribution in [0, 0.1) is 0 Å². The highest BCUT2D eigenvalue weighted by atomic mass is 79.9. The van der Waals surface area contributed by atoms with Crippen molar-refractivity contribution in [2.24, 2.45) is 0 Å². The van der Waals surface area contributed by atoms with E-state index in [0.29, 0.717) is 24.0 Å². The Bertz CT molecular complexity index is 519. The fraction of sp³-hybridized carbons (Fsp3) is 0.385. The Labute approximate surface area is 119 Å². The van der Waals surface area contributed by atoms with Crippen molar-refractivity contribution in [2.75, 3.05) is 13.1 Å². The van der Waals surface area contributed by atoms with Crippen molar-refractivity contribution in [3.63, 3.8) is 0 Å². The molecular formula is C13H15BrN2O3.